The van der Waals surface area contributed by atoms with Crippen molar-refractivity contribution in [2.75, 3.05) is 7.11 Å². The molecular weight excluding hydrogens is 1930 g/mol. The van der Waals surface area contributed by atoms with E-state index < -0.39 is 185 Å². The maximum atomic E-state index is 14.8. The Balaban J connectivity index is 0.000000160. The Morgan fingerprint density at radius 3 is 1.20 bits per heavy atom. The standard InChI is InChI=1S/C21H22FNO10P2.C21H25NO11P2.C19H23NO10P2.C18H19NO10P2/c1-20(2)10-15(17(20)24)18(25)31-13-5-6-14(16(22)8-13)19-32-34(27,28)21(26,35(29,30)33-19)9-12-4-3-7-23-11-12;1-29-18-11-15(8-9-17(18)31-20(23)30-16-6-2-3-7-16)19-32-34(25,26)21(24,35(27,28)33-19)12-14-5-4-10-22-13-14;1-12(2)27-18(21)28-16-7-6-13(3)9-15(16)17-29-31(23,24)19(22,32(25,26)30-17)10-14-5-4-8-20-11-14;20-17(26-13-7-8-13)27-15-6-2-1-5-14(15)16-28-30(22,23)18(21,31(24,25)29-16)10-12-4-3-9-19-11-12/h3-8,11,15,19,26H,9-10H2,1-2H3,(H,27,28)(H,29,30);4-5,8-11,13,16,19,24H,2-3,6-7,12H2,1H3,(H,25,26)(H,27,28);4-9,11-12,17,22H,10H2,1-3H3,(H,23,24)(H,25,26);1-6,9,11,13,16,21H,7-8,10H2,(H,22,23)(H,24,25). The number of methoxy groups -OCH3 is 1. The van der Waals surface area contributed by atoms with E-state index in [2.05, 4.69) is 19.9 Å². The zero-order valence-electron chi connectivity index (χ0n) is 70.6. The summed E-state index contributed by atoms with van der Waals surface area (Å²) in [6, 6.07) is 28.2. The largest absolute Gasteiger partial charge is 0.514 e. The highest BCUT2D eigenvalue weighted by atomic mass is 31.3. The normalized spacial score (nSPS) is 32.1. The molecule has 4 aromatic carbocycles. The van der Waals surface area contributed by atoms with Gasteiger partial charge in [0.05, 0.1) is 24.3 Å². The molecule has 718 valence electrons. The first kappa shape index (κ1) is 103. The fraction of sp³-hybridized carbons (Fsp3) is 0.380. The minimum absolute atomic E-state index is 0.00494. The van der Waals surface area contributed by atoms with E-state index in [-0.39, 0.29) is 92.1 Å². The lowest BCUT2D eigenvalue weighted by molar-refractivity contribution is -0.158. The van der Waals surface area contributed by atoms with Crippen molar-refractivity contribution in [3.63, 3.8) is 0 Å². The molecule has 0 spiro atoms. The maximum absolute atomic E-state index is 14.8. The van der Waals surface area contributed by atoms with Crippen molar-refractivity contribution in [1.82, 2.24) is 19.9 Å². The molecule has 8 aromatic rings. The summed E-state index contributed by atoms with van der Waals surface area (Å²) in [5.74, 6) is -3.87. The molecular formula is C79H89FN4O41P8. The van der Waals surface area contributed by atoms with Gasteiger partial charge in [0.25, 0.3) is 20.3 Å². The molecule has 4 saturated heterocycles. The Morgan fingerprint density at radius 2 is 0.812 bits per heavy atom. The van der Waals surface area contributed by atoms with Crippen LogP contribution in [0.15, 0.2) is 177 Å². The number of ketones is 1. The molecule has 0 radical (unpaired) electrons. The van der Waals surface area contributed by atoms with Crippen molar-refractivity contribution in [1.29, 1.82) is 0 Å². The van der Waals surface area contributed by atoms with Crippen molar-refractivity contribution < 1.29 is 199 Å². The number of ether oxygens (including phenoxy) is 8. The summed E-state index contributed by atoms with van der Waals surface area (Å²) in [5.41, 5.74) is -0.0155. The summed E-state index contributed by atoms with van der Waals surface area (Å²) in [6.07, 6.45) is 1.35. The highest BCUT2D eigenvalue weighted by Gasteiger charge is 2.71. The van der Waals surface area contributed by atoms with Crippen LogP contribution in [0.4, 0.5) is 18.8 Å². The van der Waals surface area contributed by atoms with Crippen LogP contribution >= 0.6 is 60.8 Å². The molecule has 7 aliphatic rings. The zero-order chi connectivity index (χ0) is 97.1. The average Bonchev–Trinajstić information content (AvgIpc) is 1.68. The summed E-state index contributed by atoms with van der Waals surface area (Å²) in [4.78, 5) is 159. The van der Waals surface area contributed by atoms with Gasteiger partial charge in [-0.15, -0.1) is 0 Å². The summed E-state index contributed by atoms with van der Waals surface area (Å²) >= 11 is 0. The van der Waals surface area contributed by atoms with E-state index in [1.165, 1.54) is 160 Å². The number of para-hydroxylation sites is 1. The Labute approximate surface area is 754 Å². The summed E-state index contributed by atoms with van der Waals surface area (Å²) in [6.45, 7) is 8.26. The van der Waals surface area contributed by atoms with Crippen LogP contribution in [-0.4, -0.2) is 155 Å². The molecule has 4 aromatic heterocycles. The van der Waals surface area contributed by atoms with Crippen molar-refractivity contribution in [2.24, 2.45) is 11.3 Å². The third-order valence-corrected chi connectivity index (χ3v) is 39.3. The number of aromatic nitrogens is 4. The van der Waals surface area contributed by atoms with Gasteiger partial charge in [0.2, 0.25) is 25.2 Å². The summed E-state index contributed by atoms with van der Waals surface area (Å²) < 4.78 is 199. The van der Waals surface area contributed by atoms with E-state index in [1.807, 2.05) is 0 Å². The fourth-order valence-corrected chi connectivity index (χ4v) is 27.9. The number of aliphatic hydroxyl groups is 4. The van der Waals surface area contributed by atoms with Crippen molar-refractivity contribution in [3.8, 4) is 28.7 Å². The maximum Gasteiger partial charge on any atom is 0.514 e. The van der Waals surface area contributed by atoms with Gasteiger partial charge in [-0.05, 0) is 161 Å². The number of carbonyl (C=O) groups excluding carboxylic acids is 5. The van der Waals surface area contributed by atoms with Crippen LogP contribution in [0, 0.1) is 24.1 Å². The predicted octanol–water partition coefficient (Wildman–Crippen LogP) is 13.6. The third kappa shape index (κ3) is 23.1. The van der Waals surface area contributed by atoms with Crippen LogP contribution in [0.25, 0.3) is 0 Å². The number of nitrogens with zero attached hydrogens (tertiary/aromatic N) is 4. The van der Waals surface area contributed by atoms with Gasteiger partial charge >= 0.3 is 85.2 Å². The highest BCUT2D eigenvalue weighted by Crippen LogP contribution is 2.83. The number of pyridine rings is 4. The number of hydrogen-bond donors (Lipinski definition) is 12. The number of benzene rings is 4. The molecule has 12 N–H and O–H groups in total. The smallest absolute Gasteiger partial charge is 0.493 e. The molecule has 9 unspecified atom stereocenters. The van der Waals surface area contributed by atoms with Crippen LogP contribution in [0.2, 0.25) is 0 Å². The van der Waals surface area contributed by atoms with E-state index in [0.29, 0.717) is 5.56 Å². The van der Waals surface area contributed by atoms with Gasteiger partial charge in [-0.1, -0.05) is 67.9 Å². The molecule has 3 saturated carbocycles. The summed E-state index contributed by atoms with van der Waals surface area (Å²) in [5, 5.41) is 30.5. The first-order chi connectivity index (χ1) is 62.2. The minimum Gasteiger partial charge on any atom is -0.493 e. The molecule has 8 heterocycles. The Kier molecular flexibility index (Phi) is 31.4. The van der Waals surface area contributed by atoms with E-state index in [4.69, 9.17) is 74.1 Å². The molecule has 0 bridgehead atoms. The topological polar surface area (TPSA) is 664 Å². The second-order valence-corrected chi connectivity index (χ2v) is 49.1. The zero-order valence-corrected chi connectivity index (χ0v) is 77.7. The number of Topliss-reactive ketones (excluding diaryl/α,β-unsaturated/α-hetero) is 1. The molecule has 3 aliphatic carbocycles. The van der Waals surface area contributed by atoms with E-state index in [9.17, 15) is 124 Å². The number of carbonyl (C=O) groups is 5. The van der Waals surface area contributed by atoms with Crippen LogP contribution in [-0.2, 0) is 122 Å². The fourth-order valence-electron chi connectivity index (χ4n) is 13.6. The minimum atomic E-state index is -5.30. The predicted molar refractivity (Wildman–Crippen MR) is 451 cm³/mol. The monoisotopic (exact) mass is 2020 g/mol. The van der Waals surface area contributed by atoms with Gasteiger partial charge in [0.15, 0.2) is 17.3 Å². The Hall–Kier alpha value is -8.80. The van der Waals surface area contributed by atoms with Gasteiger partial charge in [0, 0.05) is 97.9 Å². The van der Waals surface area contributed by atoms with Crippen molar-refractivity contribution >= 4 is 91.0 Å². The highest BCUT2D eigenvalue weighted by molar-refractivity contribution is 7.75. The average molecular weight is 2020 g/mol. The number of rotatable bonds is 21. The lowest BCUT2D eigenvalue weighted by Crippen LogP contribution is -2.49. The molecule has 15 rings (SSSR count). The number of halogens is 1. The van der Waals surface area contributed by atoms with E-state index >= 15 is 0 Å². The van der Waals surface area contributed by atoms with Crippen molar-refractivity contribution in [3.05, 3.63) is 233 Å². The van der Waals surface area contributed by atoms with E-state index in [0.717, 1.165) is 56.7 Å². The molecule has 45 nitrogen and oxygen atoms in total. The molecule has 9 atom stereocenters. The second-order valence-electron chi connectivity index (χ2n) is 31.7. The first-order valence-electron chi connectivity index (χ1n) is 39.8. The molecule has 0 amide bonds. The lowest BCUT2D eigenvalue weighted by atomic mass is 9.63. The van der Waals surface area contributed by atoms with Gasteiger partial charge in [-0.25, -0.2) is 18.8 Å². The molecule has 7 fully saturated rings. The molecule has 133 heavy (non-hydrogen) atoms. The third-order valence-electron chi connectivity index (χ3n) is 20.9. The van der Waals surface area contributed by atoms with Crippen LogP contribution in [0.5, 0.6) is 28.7 Å². The first-order valence-corrected chi connectivity index (χ1v) is 52.4. The Bertz CT molecular complexity index is 5960. The summed E-state index contributed by atoms with van der Waals surface area (Å²) in [7, 11) is -40.3. The van der Waals surface area contributed by atoms with Crippen LogP contribution in [0.1, 0.15) is 148 Å². The second kappa shape index (κ2) is 40.5. The van der Waals surface area contributed by atoms with Gasteiger partial charge < -0.3 is 97.5 Å². The van der Waals surface area contributed by atoms with Crippen molar-refractivity contribution in [2.45, 2.75) is 169 Å². The van der Waals surface area contributed by atoms with Crippen LogP contribution in [0.3, 0.4) is 0 Å². The number of esters is 1. The molecule has 54 heteroatoms. The Morgan fingerprint density at radius 1 is 0.436 bits per heavy atom. The SMILES string of the molecule is CC1(C)CC(C(=O)Oc2ccc(C3OP(=O)(O)C(O)(Cc4cccnc4)P(=O)(O)O3)c(F)c2)C1=O.COc1cc(C2OP(=O)(O)C(O)(Cc3cccnc3)P(=O)(O)O2)ccc1OC(=O)OC1CCCC1.Cc1ccc(OC(=O)OC(C)C)c(C2OP(=O)(O)C(O)(Cc3cccnc3)P(=O)(O)O2)c1.O=C(Oc1ccccc1C1OP(=O)(O)C(O)(Cc2cccnc2)P(=O)(O)O1)OC1CC1. The van der Waals surface area contributed by atoms with Gasteiger partial charge in [-0.2, -0.15) is 0 Å². The number of hydrogen-bond acceptors (Lipinski definition) is 37. The van der Waals surface area contributed by atoms with Gasteiger partial charge in [-0.3, -0.25) is 102 Å². The van der Waals surface area contributed by atoms with Gasteiger partial charge in [0.1, 0.15) is 41.2 Å². The quantitative estimate of drug-likeness (QED) is 0.00794. The van der Waals surface area contributed by atoms with E-state index in [1.54, 1.807) is 40.7 Å². The molecule has 4 aliphatic heterocycles. The number of aryl methyl sites for hydroxylation is 1. The lowest BCUT2D eigenvalue weighted by Gasteiger charge is -2.41. The van der Waals surface area contributed by atoms with Crippen LogP contribution < -0.4 is 23.7 Å².